The van der Waals surface area contributed by atoms with Gasteiger partial charge in [0.15, 0.2) is 11.5 Å². The van der Waals surface area contributed by atoms with Crippen LogP contribution in [-0.4, -0.2) is 84.0 Å². The first-order valence-corrected chi connectivity index (χ1v) is 11.5. The second kappa shape index (κ2) is 10.6. The van der Waals surface area contributed by atoms with Crippen LogP contribution in [0.1, 0.15) is 6.42 Å². The molecule has 0 bridgehead atoms. The Labute approximate surface area is 205 Å². The molecule has 4 rings (SSSR count). The zero-order valence-corrected chi connectivity index (χ0v) is 20.6. The lowest BCUT2D eigenvalue weighted by molar-refractivity contribution is -0.117. The van der Waals surface area contributed by atoms with Crippen molar-refractivity contribution < 1.29 is 28.5 Å². The minimum Gasteiger partial charge on any atom is -0.497 e. The number of benzene rings is 2. The first kappa shape index (κ1) is 24.3. The van der Waals surface area contributed by atoms with Gasteiger partial charge in [0.1, 0.15) is 5.75 Å². The number of nitrogens with one attached hydrogen (secondary N) is 1. The molecular weight excluding hydrogens is 452 g/mol. The summed E-state index contributed by atoms with van der Waals surface area (Å²) >= 11 is 0. The molecule has 2 fully saturated rings. The van der Waals surface area contributed by atoms with E-state index >= 15 is 0 Å². The van der Waals surface area contributed by atoms with Gasteiger partial charge in [-0.25, -0.2) is 4.79 Å². The van der Waals surface area contributed by atoms with E-state index in [4.69, 9.17) is 18.9 Å². The molecule has 0 aromatic heterocycles. The Hall–Kier alpha value is -3.82. The minimum atomic E-state index is -0.245. The Morgan fingerprint density at radius 3 is 2.31 bits per heavy atom. The lowest BCUT2D eigenvalue weighted by Crippen LogP contribution is -2.54. The Morgan fingerprint density at radius 2 is 1.66 bits per heavy atom. The predicted octanol–water partition coefficient (Wildman–Crippen LogP) is 2.36. The number of anilines is 2. The fraction of sp³-hybridized carbons (Fsp3) is 0.440. The molecule has 188 valence electrons. The van der Waals surface area contributed by atoms with Crippen LogP contribution in [0.5, 0.6) is 23.0 Å². The number of carbonyl (C=O) groups is 2. The van der Waals surface area contributed by atoms with E-state index < -0.39 is 0 Å². The molecule has 10 nitrogen and oxygen atoms in total. The standard InChI is InChI=1S/C25H32N4O6/c1-32-19-7-5-6-18(15-19)29-16-17(14-22(29)30)26-25(31)28-12-10-27(11-13-28)20-8-9-21(33-2)24(35-4)23(20)34-3/h5-9,15,17H,10-14,16H2,1-4H3,(H,26,31). The van der Waals surface area contributed by atoms with Crippen molar-refractivity contribution in [3.05, 3.63) is 36.4 Å². The third-order valence-corrected chi connectivity index (χ3v) is 6.41. The maximum Gasteiger partial charge on any atom is 0.317 e. The summed E-state index contributed by atoms with van der Waals surface area (Å²) in [6.07, 6.45) is 0.270. The van der Waals surface area contributed by atoms with Crippen LogP contribution in [0.3, 0.4) is 0 Å². The van der Waals surface area contributed by atoms with Gasteiger partial charge >= 0.3 is 6.03 Å². The van der Waals surface area contributed by atoms with Crippen molar-refractivity contribution in [1.29, 1.82) is 0 Å². The summed E-state index contributed by atoms with van der Waals surface area (Å²) in [5, 5.41) is 3.03. The van der Waals surface area contributed by atoms with Gasteiger partial charge in [-0.2, -0.15) is 0 Å². The molecule has 0 saturated carbocycles. The Bertz CT molecular complexity index is 1070. The molecule has 2 heterocycles. The van der Waals surface area contributed by atoms with Gasteiger partial charge in [-0.3, -0.25) is 4.79 Å². The summed E-state index contributed by atoms with van der Waals surface area (Å²) in [4.78, 5) is 31.2. The maximum atomic E-state index is 12.9. The number of hydrogen-bond acceptors (Lipinski definition) is 7. The molecule has 2 aliphatic rings. The Balaban J connectivity index is 1.35. The highest BCUT2D eigenvalue weighted by Gasteiger charge is 2.33. The number of amides is 3. The molecule has 35 heavy (non-hydrogen) atoms. The molecular formula is C25H32N4O6. The lowest BCUT2D eigenvalue weighted by atomic mass is 10.2. The molecule has 1 atom stereocenters. The number of ether oxygens (including phenoxy) is 4. The number of piperazine rings is 1. The lowest BCUT2D eigenvalue weighted by Gasteiger charge is -2.37. The van der Waals surface area contributed by atoms with E-state index in [1.165, 1.54) is 0 Å². The van der Waals surface area contributed by atoms with Crippen LogP contribution >= 0.6 is 0 Å². The Kier molecular flexibility index (Phi) is 7.38. The molecule has 0 radical (unpaired) electrons. The van der Waals surface area contributed by atoms with E-state index in [0.29, 0.717) is 55.7 Å². The van der Waals surface area contributed by atoms with Gasteiger partial charge in [-0.05, 0) is 24.3 Å². The highest BCUT2D eigenvalue weighted by atomic mass is 16.5. The summed E-state index contributed by atoms with van der Waals surface area (Å²) in [5.41, 5.74) is 1.66. The van der Waals surface area contributed by atoms with E-state index in [0.717, 1.165) is 11.4 Å². The highest BCUT2D eigenvalue weighted by Crippen LogP contribution is 2.44. The van der Waals surface area contributed by atoms with Crippen LogP contribution < -0.4 is 34.1 Å². The van der Waals surface area contributed by atoms with Crippen molar-refractivity contribution >= 4 is 23.3 Å². The fourth-order valence-corrected chi connectivity index (χ4v) is 4.58. The smallest absolute Gasteiger partial charge is 0.317 e. The Morgan fingerprint density at radius 1 is 0.914 bits per heavy atom. The number of hydrogen-bond donors (Lipinski definition) is 1. The molecule has 0 spiro atoms. The van der Waals surface area contributed by atoms with Gasteiger partial charge in [0.05, 0.1) is 40.2 Å². The zero-order chi connectivity index (χ0) is 24.9. The average molecular weight is 485 g/mol. The molecule has 2 aromatic carbocycles. The van der Waals surface area contributed by atoms with Crippen LogP contribution in [0.2, 0.25) is 0 Å². The summed E-state index contributed by atoms with van der Waals surface area (Å²) in [5.74, 6) is 2.41. The van der Waals surface area contributed by atoms with Crippen LogP contribution in [0.25, 0.3) is 0 Å². The summed E-state index contributed by atoms with van der Waals surface area (Å²) in [7, 11) is 6.36. The van der Waals surface area contributed by atoms with Crippen LogP contribution in [0, 0.1) is 0 Å². The quantitative estimate of drug-likeness (QED) is 0.645. The molecule has 3 amide bonds. The first-order chi connectivity index (χ1) is 17.0. The number of methoxy groups -OCH3 is 4. The molecule has 1 unspecified atom stereocenters. The maximum absolute atomic E-state index is 12.9. The van der Waals surface area contributed by atoms with E-state index in [1.807, 2.05) is 36.4 Å². The third-order valence-electron chi connectivity index (χ3n) is 6.41. The van der Waals surface area contributed by atoms with Crippen LogP contribution in [-0.2, 0) is 4.79 Å². The van der Waals surface area contributed by atoms with Gasteiger partial charge < -0.3 is 39.0 Å². The number of urea groups is 1. The van der Waals surface area contributed by atoms with Gasteiger partial charge in [-0.15, -0.1) is 0 Å². The monoisotopic (exact) mass is 484 g/mol. The number of rotatable bonds is 7. The number of nitrogens with zero attached hydrogens (tertiary/aromatic N) is 3. The normalized spacial score (nSPS) is 17.9. The van der Waals surface area contributed by atoms with Crippen LogP contribution in [0.4, 0.5) is 16.2 Å². The van der Waals surface area contributed by atoms with E-state index in [9.17, 15) is 9.59 Å². The van der Waals surface area contributed by atoms with E-state index in [-0.39, 0.29) is 24.4 Å². The van der Waals surface area contributed by atoms with Crippen molar-refractivity contribution in [2.45, 2.75) is 12.5 Å². The van der Waals surface area contributed by atoms with Gasteiger partial charge in [0.25, 0.3) is 0 Å². The first-order valence-electron chi connectivity index (χ1n) is 11.5. The van der Waals surface area contributed by atoms with Crippen LogP contribution in [0.15, 0.2) is 36.4 Å². The highest BCUT2D eigenvalue weighted by molar-refractivity contribution is 5.97. The molecule has 2 saturated heterocycles. The summed E-state index contributed by atoms with van der Waals surface area (Å²) < 4.78 is 21.7. The van der Waals surface area contributed by atoms with Crippen molar-refractivity contribution in [2.24, 2.45) is 0 Å². The van der Waals surface area contributed by atoms with E-state index in [2.05, 4.69) is 10.2 Å². The summed E-state index contributed by atoms with van der Waals surface area (Å²) in [6.45, 7) is 2.80. The number of carbonyl (C=O) groups excluding carboxylic acids is 2. The van der Waals surface area contributed by atoms with Gasteiger partial charge in [0, 0.05) is 50.9 Å². The third kappa shape index (κ3) is 5.01. The molecule has 1 N–H and O–H groups in total. The van der Waals surface area contributed by atoms with Gasteiger partial charge in [0.2, 0.25) is 11.7 Å². The predicted molar refractivity (Wildman–Crippen MR) is 132 cm³/mol. The average Bonchev–Trinajstić information content (AvgIpc) is 3.27. The van der Waals surface area contributed by atoms with Crippen molar-refractivity contribution in [3.63, 3.8) is 0 Å². The minimum absolute atomic E-state index is 0.0195. The topological polar surface area (TPSA) is 92.8 Å². The fourth-order valence-electron chi connectivity index (χ4n) is 4.58. The van der Waals surface area contributed by atoms with E-state index in [1.54, 1.807) is 38.2 Å². The largest absolute Gasteiger partial charge is 0.497 e. The SMILES string of the molecule is COc1cccc(N2CC(NC(=O)N3CCN(c4ccc(OC)c(OC)c4OC)CC3)CC2=O)c1. The molecule has 2 aromatic rings. The van der Waals surface area contributed by atoms with Crippen molar-refractivity contribution in [2.75, 3.05) is 71.0 Å². The second-order valence-corrected chi connectivity index (χ2v) is 8.38. The molecule has 10 heteroatoms. The molecule has 0 aliphatic carbocycles. The summed E-state index contributed by atoms with van der Waals surface area (Å²) in [6, 6.07) is 10.8. The van der Waals surface area contributed by atoms with Gasteiger partial charge in [-0.1, -0.05) is 6.07 Å². The zero-order valence-electron chi connectivity index (χ0n) is 20.6. The second-order valence-electron chi connectivity index (χ2n) is 8.38. The van der Waals surface area contributed by atoms with Crippen molar-refractivity contribution in [3.8, 4) is 23.0 Å². The van der Waals surface area contributed by atoms with Crippen molar-refractivity contribution in [1.82, 2.24) is 10.2 Å². The molecule has 2 aliphatic heterocycles.